The molecule has 2 heterocycles. The normalized spacial score (nSPS) is 14.5. The third-order valence-corrected chi connectivity index (χ3v) is 8.34. The van der Waals surface area contributed by atoms with Gasteiger partial charge in [0.25, 0.3) is 5.56 Å². The Morgan fingerprint density at radius 1 is 1.09 bits per heavy atom. The first-order valence-electron chi connectivity index (χ1n) is 13.8. The second kappa shape index (κ2) is 13.5. The second-order valence-electron chi connectivity index (χ2n) is 9.67. The predicted molar refractivity (Wildman–Crippen MR) is 170 cm³/mol. The SMILES string of the molecule is CCOC(=O)C1=C(C)N=c2s/c(=C\c3cc(Cl)cc(Cl)c3OCc3ccccc3C#N)c(=O)n2[C@@H]1c1ccc(OCC)cc1. The number of nitrogens with zero attached hydrogens (tertiary/aromatic N) is 3. The Bertz CT molecular complexity index is 1990. The maximum atomic E-state index is 14.1. The van der Waals surface area contributed by atoms with Crippen LogP contribution in [0.2, 0.25) is 10.0 Å². The summed E-state index contributed by atoms with van der Waals surface area (Å²) in [5, 5.41) is 10.1. The smallest absolute Gasteiger partial charge is 0.338 e. The van der Waals surface area contributed by atoms with Gasteiger partial charge in [-0.3, -0.25) is 9.36 Å². The monoisotopic (exact) mass is 647 g/mol. The number of aromatic nitrogens is 1. The number of carbonyl (C=O) groups excluding carboxylic acids is 1. The number of rotatable bonds is 9. The Kier molecular flexibility index (Phi) is 9.55. The third-order valence-electron chi connectivity index (χ3n) is 6.86. The summed E-state index contributed by atoms with van der Waals surface area (Å²) in [5.74, 6) is 0.433. The maximum absolute atomic E-state index is 14.1. The molecule has 0 saturated heterocycles. The van der Waals surface area contributed by atoms with Crippen LogP contribution in [-0.2, 0) is 16.1 Å². The minimum Gasteiger partial charge on any atom is -0.494 e. The van der Waals surface area contributed by atoms with E-state index in [1.54, 1.807) is 62.4 Å². The topological polar surface area (TPSA) is 103 Å². The number of halogens is 2. The van der Waals surface area contributed by atoms with Crippen LogP contribution in [0.3, 0.4) is 0 Å². The Morgan fingerprint density at radius 3 is 2.55 bits per heavy atom. The molecule has 44 heavy (non-hydrogen) atoms. The molecule has 0 amide bonds. The largest absolute Gasteiger partial charge is 0.494 e. The fraction of sp³-hybridized carbons (Fsp3) is 0.212. The fourth-order valence-electron chi connectivity index (χ4n) is 4.91. The molecule has 0 fully saturated rings. The van der Waals surface area contributed by atoms with E-state index < -0.39 is 12.0 Å². The molecule has 11 heteroatoms. The van der Waals surface area contributed by atoms with Crippen molar-refractivity contribution in [3.05, 3.63) is 124 Å². The molecule has 0 spiro atoms. The lowest BCUT2D eigenvalue weighted by molar-refractivity contribution is -0.139. The molecule has 1 aromatic heterocycles. The molecule has 0 unspecified atom stereocenters. The molecule has 8 nitrogen and oxygen atoms in total. The van der Waals surface area contributed by atoms with Gasteiger partial charge in [-0.15, -0.1) is 0 Å². The zero-order valence-electron chi connectivity index (χ0n) is 24.1. The highest BCUT2D eigenvalue weighted by atomic mass is 35.5. The van der Waals surface area contributed by atoms with E-state index in [1.165, 1.54) is 15.9 Å². The maximum Gasteiger partial charge on any atom is 0.338 e. The Labute approximate surface area is 267 Å². The molecule has 4 aromatic rings. The van der Waals surface area contributed by atoms with Crippen molar-refractivity contribution in [2.75, 3.05) is 13.2 Å². The van der Waals surface area contributed by atoms with Gasteiger partial charge in [-0.25, -0.2) is 9.79 Å². The highest BCUT2D eigenvalue weighted by Gasteiger charge is 2.33. The summed E-state index contributed by atoms with van der Waals surface area (Å²) in [5.41, 5.74) is 2.71. The summed E-state index contributed by atoms with van der Waals surface area (Å²) in [6, 6.07) is 18.9. The van der Waals surface area contributed by atoms with E-state index in [9.17, 15) is 14.9 Å². The first-order chi connectivity index (χ1) is 21.2. The molecule has 0 bridgehead atoms. The zero-order chi connectivity index (χ0) is 31.4. The number of ether oxygens (including phenoxy) is 3. The van der Waals surface area contributed by atoms with Crippen molar-refractivity contribution in [2.24, 2.45) is 4.99 Å². The van der Waals surface area contributed by atoms with Crippen molar-refractivity contribution in [3.63, 3.8) is 0 Å². The minimum atomic E-state index is -0.774. The average molecular weight is 649 g/mol. The molecule has 224 valence electrons. The van der Waals surface area contributed by atoms with Crippen LogP contribution in [0.15, 0.2) is 81.7 Å². The van der Waals surface area contributed by atoms with Crippen LogP contribution in [0, 0.1) is 11.3 Å². The average Bonchev–Trinajstić information content (AvgIpc) is 3.30. The molecule has 0 saturated carbocycles. The fourth-order valence-corrected chi connectivity index (χ4v) is 6.51. The van der Waals surface area contributed by atoms with Crippen LogP contribution in [0.5, 0.6) is 11.5 Å². The van der Waals surface area contributed by atoms with E-state index in [2.05, 4.69) is 11.1 Å². The standard InChI is InChI=1S/C33H27Cl2N3O5S/c1-4-41-25-12-10-20(11-13-25)29-28(32(40)42-5-2)19(3)37-33-38(29)31(39)27(44-33)15-23-14-24(34)16-26(35)30(23)43-18-22-9-7-6-8-21(22)17-36/h6-16,29H,4-5,18H2,1-3H3/b27-15-/t29-/m1/s1. The van der Waals surface area contributed by atoms with Gasteiger partial charge in [0.1, 0.15) is 18.1 Å². The van der Waals surface area contributed by atoms with Gasteiger partial charge >= 0.3 is 5.97 Å². The van der Waals surface area contributed by atoms with Crippen LogP contribution >= 0.6 is 34.5 Å². The number of fused-ring (bicyclic) bond motifs is 1. The van der Waals surface area contributed by atoms with Gasteiger partial charge in [0, 0.05) is 16.1 Å². The summed E-state index contributed by atoms with van der Waals surface area (Å²) in [7, 11) is 0. The molecule has 0 aliphatic carbocycles. The van der Waals surface area contributed by atoms with Gasteiger partial charge in [0.05, 0.1) is 51.7 Å². The van der Waals surface area contributed by atoms with Gasteiger partial charge in [0.2, 0.25) is 0 Å². The highest BCUT2D eigenvalue weighted by molar-refractivity contribution is 7.07. The molecule has 0 radical (unpaired) electrons. The summed E-state index contributed by atoms with van der Waals surface area (Å²) in [6.45, 7) is 6.11. The number of esters is 1. The second-order valence-corrected chi connectivity index (χ2v) is 11.5. The predicted octanol–water partition coefficient (Wildman–Crippen LogP) is 5.95. The van der Waals surface area contributed by atoms with Crippen molar-refractivity contribution in [2.45, 2.75) is 33.4 Å². The van der Waals surface area contributed by atoms with Crippen molar-refractivity contribution in [1.82, 2.24) is 4.57 Å². The molecule has 0 N–H and O–H groups in total. The number of thiazole rings is 1. The van der Waals surface area contributed by atoms with E-state index in [0.29, 0.717) is 60.4 Å². The first kappa shape index (κ1) is 31.1. The number of carbonyl (C=O) groups is 1. The van der Waals surface area contributed by atoms with Crippen molar-refractivity contribution >= 4 is 46.6 Å². The van der Waals surface area contributed by atoms with Crippen LogP contribution in [0.25, 0.3) is 6.08 Å². The van der Waals surface area contributed by atoms with Crippen molar-refractivity contribution in [1.29, 1.82) is 5.26 Å². The first-order valence-corrected chi connectivity index (χ1v) is 15.3. The summed E-state index contributed by atoms with van der Waals surface area (Å²) in [6.07, 6.45) is 1.64. The van der Waals surface area contributed by atoms with Gasteiger partial charge in [-0.1, -0.05) is 64.9 Å². The summed E-state index contributed by atoms with van der Waals surface area (Å²) < 4.78 is 18.9. The molecule has 3 aromatic carbocycles. The van der Waals surface area contributed by atoms with Gasteiger partial charge in [-0.2, -0.15) is 5.26 Å². The van der Waals surface area contributed by atoms with Gasteiger partial charge < -0.3 is 14.2 Å². The van der Waals surface area contributed by atoms with E-state index in [4.69, 9.17) is 37.4 Å². The van der Waals surface area contributed by atoms with Crippen LogP contribution in [-0.4, -0.2) is 23.8 Å². The van der Waals surface area contributed by atoms with E-state index >= 15 is 0 Å². The summed E-state index contributed by atoms with van der Waals surface area (Å²) in [4.78, 5) is 32.3. The Balaban J connectivity index is 1.64. The lowest BCUT2D eigenvalue weighted by Gasteiger charge is -2.24. The molecule has 1 atom stereocenters. The van der Waals surface area contributed by atoms with E-state index in [-0.39, 0.29) is 29.4 Å². The molecular formula is C33H27Cl2N3O5S. The lowest BCUT2D eigenvalue weighted by atomic mass is 9.96. The quantitative estimate of drug-likeness (QED) is 0.208. The van der Waals surface area contributed by atoms with Crippen LogP contribution < -0.4 is 24.4 Å². The van der Waals surface area contributed by atoms with Crippen molar-refractivity contribution in [3.8, 4) is 17.6 Å². The van der Waals surface area contributed by atoms with E-state index in [0.717, 1.165) is 0 Å². The number of nitriles is 1. The van der Waals surface area contributed by atoms with Gasteiger partial charge in [0.15, 0.2) is 4.80 Å². The Morgan fingerprint density at radius 2 is 1.84 bits per heavy atom. The van der Waals surface area contributed by atoms with Crippen LogP contribution in [0.4, 0.5) is 0 Å². The van der Waals surface area contributed by atoms with Crippen LogP contribution in [0.1, 0.15) is 49.1 Å². The molecule has 1 aliphatic heterocycles. The molecule has 1 aliphatic rings. The van der Waals surface area contributed by atoms with Crippen molar-refractivity contribution < 1.29 is 19.0 Å². The lowest BCUT2D eigenvalue weighted by Crippen LogP contribution is -2.39. The molecular weight excluding hydrogens is 621 g/mol. The number of hydrogen-bond donors (Lipinski definition) is 0. The molecule has 5 rings (SSSR count). The number of allylic oxidation sites excluding steroid dienone is 1. The minimum absolute atomic E-state index is 0.0764. The number of hydrogen-bond acceptors (Lipinski definition) is 8. The summed E-state index contributed by atoms with van der Waals surface area (Å²) >= 11 is 14.1. The Hall–Kier alpha value is -4.36. The number of benzene rings is 3. The third kappa shape index (κ3) is 6.29. The highest BCUT2D eigenvalue weighted by Crippen LogP contribution is 2.34. The van der Waals surface area contributed by atoms with Gasteiger partial charge in [-0.05, 0) is 62.7 Å². The zero-order valence-corrected chi connectivity index (χ0v) is 26.4. The van der Waals surface area contributed by atoms with E-state index in [1.807, 2.05) is 25.1 Å².